The van der Waals surface area contributed by atoms with E-state index in [9.17, 15) is 0 Å². The maximum Gasteiger partial charge on any atom is 0.0540 e. The van der Waals surface area contributed by atoms with Gasteiger partial charge in [-0.2, -0.15) is 0 Å². The van der Waals surface area contributed by atoms with Gasteiger partial charge in [0.15, 0.2) is 0 Å². The highest BCUT2D eigenvalue weighted by Crippen LogP contribution is 2.44. The molecule has 0 N–H and O–H groups in total. The standard InChI is InChI=1S/C54H37N/c1-3-16-38(17-4-1)47-25-13-14-29-53(47)55(45-23-15-22-42(36-45)52-37-43-21-8-9-24-46(43)50-27-11-12-28-51(50)52)44-33-30-40(31-34-44)49-35-32-39-18-7-10-26-48(39)54(49)41-19-5-2-6-20-41/h1-37H. The zero-order valence-corrected chi connectivity index (χ0v) is 30.3. The van der Waals surface area contributed by atoms with Gasteiger partial charge < -0.3 is 4.90 Å². The lowest BCUT2D eigenvalue weighted by Gasteiger charge is -2.28. The third kappa shape index (κ3) is 5.93. The van der Waals surface area contributed by atoms with Crippen molar-refractivity contribution < 1.29 is 0 Å². The Balaban J connectivity index is 1.15. The van der Waals surface area contributed by atoms with E-state index in [1.54, 1.807) is 0 Å². The van der Waals surface area contributed by atoms with Crippen molar-refractivity contribution in [2.45, 2.75) is 0 Å². The Bertz CT molecular complexity index is 2960. The molecular formula is C54H37N. The van der Waals surface area contributed by atoms with E-state index in [0.29, 0.717) is 0 Å². The third-order valence-electron chi connectivity index (χ3n) is 10.8. The Morgan fingerprint density at radius 3 is 1.62 bits per heavy atom. The van der Waals surface area contributed by atoms with Gasteiger partial charge in [0.05, 0.1) is 5.69 Å². The Morgan fingerprint density at radius 2 is 0.836 bits per heavy atom. The highest BCUT2D eigenvalue weighted by atomic mass is 15.1. The molecule has 0 aliphatic rings. The van der Waals surface area contributed by atoms with E-state index in [-0.39, 0.29) is 0 Å². The van der Waals surface area contributed by atoms with Crippen LogP contribution >= 0.6 is 0 Å². The SMILES string of the molecule is c1ccc(-c2ccccc2N(c2ccc(-c3ccc4ccccc4c3-c3ccccc3)cc2)c2cccc(-c3cc4ccccc4c4ccccc34)c2)cc1. The van der Waals surface area contributed by atoms with E-state index in [2.05, 4.69) is 229 Å². The van der Waals surface area contributed by atoms with Crippen LogP contribution in [0.3, 0.4) is 0 Å². The molecule has 0 amide bonds. The van der Waals surface area contributed by atoms with Crippen molar-refractivity contribution in [1.29, 1.82) is 0 Å². The molecule has 0 saturated heterocycles. The van der Waals surface area contributed by atoms with E-state index < -0.39 is 0 Å². The predicted octanol–water partition coefficient (Wildman–Crippen LogP) is 15.3. The maximum atomic E-state index is 2.41. The first kappa shape index (κ1) is 32.4. The number of rotatable bonds is 7. The van der Waals surface area contributed by atoms with Crippen molar-refractivity contribution in [1.82, 2.24) is 0 Å². The second-order valence-corrected chi connectivity index (χ2v) is 14.1. The molecule has 0 fully saturated rings. The third-order valence-corrected chi connectivity index (χ3v) is 10.8. The molecule has 0 atom stereocenters. The number of benzene rings is 10. The van der Waals surface area contributed by atoms with Crippen LogP contribution < -0.4 is 4.90 Å². The van der Waals surface area contributed by atoms with Crippen molar-refractivity contribution in [3.05, 3.63) is 224 Å². The predicted molar refractivity (Wildman–Crippen MR) is 235 cm³/mol. The van der Waals surface area contributed by atoms with Crippen molar-refractivity contribution in [3.63, 3.8) is 0 Å². The quantitative estimate of drug-likeness (QED) is 0.150. The fourth-order valence-corrected chi connectivity index (χ4v) is 8.28. The Labute approximate surface area is 322 Å². The van der Waals surface area contributed by atoms with Gasteiger partial charge in [-0.3, -0.25) is 0 Å². The summed E-state index contributed by atoms with van der Waals surface area (Å²) in [5.74, 6) is 0. The highest BCUT2D eigenvalue weighted by molar-refractivity contribution is 6.14. The molecule has 0 radical (unpaired) electrons. The van der Waals surface area contributed by atoms with Gasteiger partial charge in [-0.1, -0.05) is 188 Å². The number of anilines is 3. The van der Waals surface area contributed by atoms with Gasteiger partial charge in [-0.05, 0) is 108 Å². The first-order chi connectivity index (χ1) is 27.3. The lowest BCUT2D eigenvalue weighted by Crippen LogP contribution is -2.11. The van der Waals surface area contributed by atoms with Crippen LogP contribution in [0.25, 0.3) is 76.8 Å². The topological polar surface area (TPSA) is 3.24 Å². The van der Waals surface area contributed by atoms with E-state index in [1.807, 2.05) is 0 Å². The molecule has 0 heterocycles. The summed E-state index contributed by atoms with van der Waals surface area (Å²) >= 11 is 0. The normalized spacial score (nSPS) is 11.3. The number of fused-ring (bicyclic) bond motifs is 4. The molecule has 0 unspecified atom stereocenters. The van der Waals surface area contributed by atoms with Crippen LogP contribution in [0, 0.1) is 0 Å². The summed E-state index contributed by atoms with van der Waals surface area (Å²) in [6.07, 6.45) is 0. The molecule has 0 spiro atoms. The molecular weight excluding hydrogens is 663 g/mol. The summed E-state index contributed by atoms with van der Waals surface area (Å²) in [7, 11) is 0. The van der Waals surface area contributed by atoms with Crippen LogP contribution in [0.4, 0.5) is 17.1 Å². The van der Waals surface area contributed by atoms with Crippen LogP contribution in [-0.2, 0) is 0 Å². The fraction of sp³-hybridized carbons (Fsp3) is 0. The van der Waals surface area contributed by atoms with Crippen LogP contribution in [0.2, 0.25) is 0 Å². The molecule has 258 valence electrons. The number of para-hydroxylation sites is 1. The molecule has 1 nitrogen and oxygen atoms in total. The van der Waals surface area contributed by atoms with Crippen molar-refractivity contribution >= 4 is 49.4 Å². The monoisotopic (exact) mass is 699 g/mol. The van der Waals surface area contributed by atoms with Gasteiger partial charge in [0.1, 0.15) is 0 Å². The largest absolute Gasteiger partial charge is 0.310 e. The molecule has 0 aromatic heterocycles. The average molecular weight is 700 g/mol. The van der Waals surface area contributed by atoms with Crippen molar-refractivity contribution in [2.24, 2.45) is 0 Å². The van der Waals surface area contributed by atoms with Gasteiger partial charge in [0, 0.05) is 16.9 Å². The molecule has 0 aliphatic carbocycles. The minimum absolute atomic E-state index is 1.09. The average Bonchev–Trinajstić information content (AvgIpc) is 3.27. The lowest BCUT2D eigenvalue weighted by atomic mass is 9.89. The van der Waals surface area contributed by atoms with Gasteiger partial charge in [-0.15, -0.1) is 0 Å². The Kier molecular flexibility index (Phi) is 8.24. The lowest BCUT2D eigenvalue weighted by molar-refractivity contribution is 1.28. The molecule has 0 aliphatic heterocycles. The molecule has 1 heteroatoms. The number of hydrogen-bond acceptors (Lipinski definition) is 1. The van der Waals surface area contributed by atoms with E-state index >= 15 is 0 Å². The molecule has 10 aromatic rings. The summed E-state index contributed by atoms with van der Waals surface area (Å²) in [5.41, 5.74) is 13.0. The van der Waals surface area contributed by atoms with Crippen LogP contribution in [0.1, 0.15) is 0 Å². The van der Waals surface area contributed by atoms with E-state index in [4.69, 9.17) is 0 Å². The maximum absolute atomic E-state index is 2.41. The fourth-order valence-electron chi connectivity index (χ4n) is 8.28. The van der Waals surface area contributed by atoms with Crippen LogP contribution in [0.15, 0.2) is 224 Å². The number of hydrogen-bond donors (Lipinski definition) is 0. The first-order valence-electron chi connectivity index (χ1n) is 18.9. The summed E-state index contributed by atoms with van der Waals surface area (Å²) in [6.45, 7) is 0. The van der Waals surface area contributed by atoms with Crippen molar-refractivity contribution in [3.8, 4) is 44.5 Å². The molecule has 0 bridgehead atoms. The Morgan fingerprint density at radius 1 is 0.255 bits per heavy atom. The summed E-state index contributed by atoms with van der Waals surface area (Å²) in [4.78, 5) is 2.41. The van der Waals surface area contributed by atoms with Crippen molar-refractivity contribution in [2.75, 3.05) is 4.90 Å². The molecule has 0 saturated carbocycles. The second kappa shape index (κ2) is 14.0. The second-order valence-electron chi connectivity index (χ2n) is 14.1. The zero-order chi connectivity index (χ0) is 36.6. The first-order valence-corrected chi connectivity index (χ1v) is 18.9. The zero-order valence-electron chi connectivity index (χ0n) is 30.3. The minimum Gasteiger partial charge on any atom is -0.310 e. The van der Waals surface area contributed by atoms with Crippen LogP contribution in [-0.4, -0.2) is 0 Å². The smallest absolute Gasteiger partial charge is 0.0540 e. The van der Waals surface area contributed by atoms with E-state index in [0.717, 1.165) is 17.1 Å². The summed E-state index contributed by atoms with van der Waals surface area (Å²) in [5, 5.41) is 7.54. The molecule has 10 aromatic carbocycles. The Hall–Kier alpha value is -7.22. The number of nitrogens with zero attached hydrogens (tertiary/aromatic N) is 1. The van der Waals surface area contributed by atoms with Gasteiger partial charge in [0.25, 0.3) is 0 Å². The van der Waals surface area contributed by atoms with E-state index in [1.165, 1.54) is 76.8 Å². The highest BCUT2D eigenvalue weighted by Gasteiger charge is 2.19. The minimum atomic E-state index is 1.09. The van der Waals surface area contributed by atoms with Gasteiger partial charge in [0.2, 0.25) is 0 Å². The molecule has 55 heavy (non-hydrogen) atoms. The summed E-state index contributed by atoms with van der Waals surface area (Å²) < 4.78 is 0. The van der Waals surface area contributed by atoms with Gasteiger partial charge >= 0.3 is 0 Å². The van der Waals surface area contributed by atoms with Crippen LogP contribution in [0.5, 0.6) is 0 Å². The van der Waals surface area contributed by atoms with Gasteiger partial charge in [-0.25, -0.2) is 0 Å². The summed E-state index contributed by atoms with van der Waals surface area (Å²) in [6, 6.07) is 81.4. The molecule has 10 rings (SSSR count).